The summed E-state index contributed by atoms with van der Waals surface area (Å²) in [6.07, 6.45) is 0.252. The first-order valence-corrected chi connectivity index (χ1v) is 6.17. The molecule has 6 nitrogen and oxygen atoms in total. The van der Waals surface area contributed by atoms with Crippen LogP contribution in [0.1, 0.15) is 30.6 Å². The topological polar surface area (TPSA) is 96.2 Å². The fraction of sp³-hybridized carbons (Fsp3) is 0.385. The zero-order chi connectivity index (χ0) is 14.3. The quantitative estimate of drug-likeness (QED) is 0.447. The fourth-order valence-corrected chi connectivity index (χ4v) is 1.59. The van der Waals surface area contributed by atoms with Crippen molar-refractivity contribution in [3.63, 3.8) is 0 Å². The highest BCUT2D eigenvalue weighted by Crippen LogP contribution is 2.12. The molecule has 0 aliphatic carbocycles. The number of amides is 2. The van der Waals surface area contributed by atoms with Crippen molar-refractivity contribution in [1.82, 2.24) is 10.6 Å². The van der Waals surface area contributed by atoms with E-state index in [-0.39, 0.29) is 30.8 Å². The lowest BCUT2D eigenvalue weighted by atomic mass is 10.1. The Hall–Kier alpha value is -2.08. The van der Waals surface area contributed by atoms with Crippen LogP contribution in [0.15, 0.2) is 24.3 Å². The number of nitrogen functional groups attached to an aromatic ring is 1. The average Bonchev–Trinajstić information content (AvgIpc) is 2.37. The summed E-state index contributed by atoms with van der Waals surface area (Å²) in [4.78, 5) is 23.3. The van der Waals surface area contributed by atoms with E-state index in [4.69, 9.17) is 5.84 Å². The summed E-state index contributed by atoms with van der Waals surface area (Å²) < 4.78 is 0. The van der Waals surface area contributed by atoms with E-state index in [1.165, 1.54) is 0 Å². The second-order valence-corrected chi connectivity index (χ2v) is 4.42. The summed E-state index contributed by atoms with van der Waals surface area (Å²) in [5.74, 6) is 4.98. The normalized spacial score (nSPS) is 10.1. The standard InChI is InChI=1S/C13H20N4O2/c1-9(2)16-12(18)7-8-15-13(19)10-5-3-4-6-11(10)17-14/h3-6,9,17H,7-8,14H2,1-2H3,(H,15,19)(H,16,18). The van der Waals surface area contributed by atoms with Crippen LogP contribution < -0.4 is 21.9 Å². The first kappa shape index (κ1) is 15.0. The molecular formula is C13H20N4O2. The van der Waals surface area contributed by atoms with Crippen LogP contribution in [0.2, 0.25) is 0 Å². The number of benzene rings is 1. The zero-order valence-corrected chi connectivity index (χ0v) is 11.2. The molecule has 2 amide bonds. The molecule has 0 heterocycles. The van der Waals surface area contributed by atoms with Gasteiger partial charge in [-0.1, -0.05) is 12.1 Å². The Kier molecular flexibility index (Phi) is 5.81. The lowest BCUT2D eigenvalue weighted by Gasteiger charge is -2.10. The van der Waals surface area contributed by atoms with Crippen LogP contribution in [-0.2, 0) is 4.79 Å². The average molecular weight is 264 g/mol. The Morgan fingerprint density at radius 2 is 1.95 bits per heavy atom. The third-order valence-corrected chi connectivity index (χ3v) is 2.41. The highest BCUT2D eigenvalue weighted by atomic mass is 16.2. The maximum Gasteiger partial charge on any atom is 0.253 e. The van der Waals surface area contributed by atoms with Gasteiger partial charge in [0.25, 0.3) is 5.91 Å². The van der Waals surface area contributed by atoms with Gasteiger partial charge < -0.3 is 16.1 Å². The predicted molar refractivity (Wildman–Crippen MR) is 74.5 cm³/mol. The molecule has 5 N–H and O–H groups in total. The molecule has 1 aromatic carbocycles. The summed E-state index contributed by atoms with van der Waals surface area (Å²) in [6.45, 7) is 4.07. The highest BCUT2D eigenvalue weighted by molar-refractivity contribution is 5.99. The van der Waals surface area contributed by atoms with E-state index in [2.05, 4.69) is 16.1 Å². The Balaban J connectivity index is 2.45. The maximum atomic E-state index is 11.9. The molecule has 0 spiro atoms. The van der Waals surface area contributed by atoms with Gasteiger partial charge in [0.1, 0.15) is 0 Å². The van der Waals surface area contributed by atoms with Gasteiger partial charge in [0, 0.05) is 19.0 Å². The van der Waals surface area contributed by atoms with E-state index in [9.17, 15) is 9.59 Å². The monoisotopic (exact) mass is 264 g/mol. The van der Waals surface area contributed by atoms with Gasteiger partial charge >= 0.3 is 0 Å². The first-order chi connectivity index (χ1) is 9.04. The van der Waals surface area contributed by atoms with E-state index in [0.29, 0.717) is 11.3 Å². The molecular weight excluding hydrogens is 244 g/mol. The molecule has 104 valence electrons. The van der Waals surface area contributed by atoms with Crippen LogP contribution in [0.25, 0.3) is 0 Å². The van der Waals surface area contributed by atoms with Gasteiger partial charge in [-0.15, -0.1) is 0 Å². The van der Waals surface area contributed by atoms with Gasteiger partial charge in [0.05, 0.1) is 11.3 Å². The van der Waals surface area contributed by atoms with E-state index < -0.39 is 0 Å². The van der Waals surface area contributed by atoms with Gasteiger partial charge in [-0.05, 0) is 26.0 Å². The van der Waals surface area contributed by atoms with Crippen molar-refractivity contribution in [2.75, 3.05) is 12.0 Å². The minimum absolute atomic E-state index is 0.0828. The lowest BCUT2D eigenvalue weighted by molar-refractivity contribution is -0.121. The molecule has 0 fully saturated rings. The molecule has 0 saturated carbocycles. The van der Waals surface area contributed by atoms with Gasteiger partial charge in [0.2, 0.25) is 5.91 Å². The third kappa shape index (κ3) is 4.97. The zero-order valence-electron chi connectivity index (χ0n) is 11.2. The SMILES string of the molecule is CC(C)NC(=O)CCNC(=O)c1ccccc1NN. The maximum absolute atomic E-state index is 11.9. The first-order valence-electron chi connectivity index (χ1n) is 6.17. The Morgan fingerprint density at radius 3 is 2.58 bits per heavy atom. The summed E-state index contributed by atoms with van der Waals surface area (Å²) >= 11 is 0. The fourth-order valence-electron chi connectivity index (χ4n) is 1.59. The molecule has 0 radical (unpaired) electrons. The largest absolute Gasteiger partial charge is 0.354 e. The lowest BCUT2D eigenvalue weighted by Crippen LogP contribution is -2.34. The second-order valence-electron chi connectivity index (χ2n) is 4.42. The number of hydrazine groups is 1. The summed E-state index contributed by atoms with van der Waals surface area (Å²) in [7, 11) is 0. The molecule has 6 heteroatoms. The molecule has 1 rings (SSSR count). The Labute approximate surface area is 112 Å². The number of para-hydroxylation sites is 1. The molecule has 0 aliphatic heterocycles. The molecule has 0 atom stereocenters. The number of nitrogens with two attached hydrogens (primary N) is 1. The van der Waals surface area contributed by atoms with Crippen LogP contribution in [-0.4, -0.2) is 24.4 Å². The summed E-state index contributed by atoms with van der Waals surface area (Å²) in [6, 6.07) is 7.01. The molecule has 0 aromatic heterocycles. The molecule has 0 saturated heterocycles. The second kappa shape index (κ2) is 7.38. The third-order valence-electron chi connectivity index (χ3n) is 2.41. The van der Waals surface area contributed by atoms with Crippen LogP contribution in [0.5, 0.6) is 0 Å². The molecule has 0 aliphatic rings. The Morgan fingerprint density at radius 1 is 1.26 bits per heavy atom. The Bertz CT molecular complexity index is 446. The van der Waals surface area contributed by atoms with Gasteiger partial charge in [-0.3, -0.25) is 15.4 Å². The van der Waals surface area contributed by atoms with E-state index in [0.717, 1.165) is 0 Å². The van der Waals surface area contributed by atoms with Crippen molar-refractivity contribution in [2.45, 2.75) is 26.3 Å². The van der Waals surface area contributed by atoms with E-state index in [1.54, 1.807) is 24.3 Å². The smallest absolute Gasteiger partial charge is 0.253 e. The number of nitrogens with one attached hydrogen (secondary N) is 3. The van der Waals surface area contributed by atoms with Crippen molar-refractivity contribution in [1.29, 1.82) is 0 Å². The molecule has 19 heavy (non-hydrogen) atoms. The van der Waals surface area contributed by atoms with Crippen molar-refractivity contribution in [3.8, 4) is 0 Å². The van der Waals surface area contributed by atoms with Crippen molar-refractivity contribution in [3.05, 3.63) is 29.8 Å². The van der Waals surface area contributed by atoms with Crippen molar-refractivity contribution < 1.29 is 9.59 Å². The minimum atomic E-state index is -0.258. The highest BCUT2D eigenvalue weighted by Gasteiger charge is 2.10. The number of hydrogen-bond acceptors (Lipinski definition) is 4. The van der Waals surface area contributed by atoms with Gasteiger partial charge in [0.15, 0.2) is 0 Å². The van der Waals surface area contributed by atoms with Crippen LogP contribution in [0.4, 0.5) is 5.69 Å². The van der Waals surface area contributed by atoms with Crippen LogP contribution >= 0.6 is 0 Å². The number of carbonyl (C=O) groups excluding carboxylic acids is 2. The van der Waals surface area contributed by atoms with Crippen molar-refractivity contribution in [2.24, 2.45) is 5.84 Å². The minimum Gasteiger partial charge on any atom is -0.354 e. The number of rotatable bonds is 6. The molecule has 0 unspecified atom stereocenters. The van der Waals surface area contributed by atoms with Crippen LogP contribution in [0.3, 0.4) is 0 Å². The van der Waals surface area contributed by atoms with Gasteiger partial charge in [-0.2, -0.15) is 0 Å². The number of hydrogen-bond donors (Lipinski definition) is 4. The number of carbonyl (C=O) groups is 2. The molecule has 1 aromatic rings. The van der Waals surface area contributed by atoms with Crippen LogP contribution in [0, 0.1) is 0 Å². The molecule has 0 bridgehead atoms. The number of anilines is 1. The van der Waals surface area contributed by atoms with Gasteiger partial charge in [-0.25, -0.2) is 0 Å². The van der Waals surface area contributed by atoms with E-state index >= 15 is 0 Å². The van der Waals surface area contributed by atoms with E-state index in [1.807, 2.05) is 13.8 Å². The summed E-state index contributed by atoms with van der Waals surface area (Å²) in [5, 5.41) is 5.44. The van der Waals surface area contributed by atoms with Crippen molar-refractivity contribution >= 4 is 17.5 Å². The predicted octanol–water partition coefficient (Wildman–Crippen LogP) is 0.617. The summed E-state index contributed by atoms with van der Waals surface area (Å²) in [5.41, 5.74) is 3.46.